The average Bonchev–Trinajstić information content (AvgIpc) is 2.90. The fourth-order valence-corrected chi connectivity index (χ4v) is 2.61. The fraction of sp³-hybridized carbons (Fsp3) is 0.0667. The SMILES string of the molecule is Cc1ccsc1C(=O)/C(C#N)=C/c1ccc([N+](=O)[O-])cc1. The van der Waals surface area contributed by atoms with Crippen molar-refractivity contribution < 1.29 is 9.72 Å². The average molecular weight is 298 g/mol. The van der Waals surface area contributed by atoms with Crippen molar-refractivity contribution in [1.29, 1.82) is 5.26 Å². The van der Waals surface area contributed by atoms with E-state index in [4.69, 9.17) is 5.26 Å². The molecular weight excluding hydrogens is 288 g/mol. The van der Waals surface area contributed by atoms with Gasteiger partial charge in [0.15, 0.2) is 0 Å². The molecule has 5 nitrogen and oxygen atoms in total. The van der Waals surface area contributed by atoms with Crippen LogP contribution in [0.15, 0.2) is 41.3 Å². The number of aryl methyl sites for hydroxylation is 1. The molecule has 0 aliphatic carbocycles. The third-order valence-electron chi connectivity index (χ3n) is 2.85. The Morgan fingerprint density at radius 2 is 2.00 bits per heavy atom. The minimum atomic E-state index is -0.501. The van der Waals surface area contributed by atoms with Gasteiger partial charge < -0.3 is 0 Å². The van der Waals surface area contributed by atoms with Crippen LogP contribution in [0.4, 0.5) is 5.69 Å². The van der Waals surface area contributed by atoms with Gasteiger partial charge in [0.05, 0.1) is 9.80 Å². The van der Waals surface area contributed by atoms with Crippen molar-refractivity contribution in [3.8, 4) is 6.07 Å². The summed E-state index contributed by atoms with van der Waals surface area (Å²) in [6.07, 6.45) is 1.44. The topological polar surface area (TPSA) is 84.0 Å². The van der Waals surface area contributed by atoms with Gasteiger partial charge in [-0.15, -0.1) is 11.3 Å². The number of nitrogens with zero attached hydrogens (tertiary/aromatic N) is 2. The second-order valence-corrected chi connectivity index (χ2v) is 5.20. The molecule has 0 radical (unpaired) electrons. The van der Waals surface area contributed by atoms with Gasteiger partial charge >= 0.3 is 0 Å². The molecule has 2 rings (SSSR count). The number of benzene rings is 1. The molecule has 21 heavy (non-hydrogen) atoms. The van der Waals surface area contributed by atoms with E-state index in [1.165, 1.54) is 41.7 Å². The van der Waals surface area contributed by atoms with E-state index in [9.17, 15) is 14.9 Å². The first-order chi connectivity index (χ1) is 10.0. The Labute approximate surface area is 124 Å². The van der Waals surface area contributed by atoms with Crippen LogP contribution in [0, 0.1) is 28.4 Å². The summed E-state index contributed by atoms with van der Waals surface area (Å²) in [6.45, 7) is 1.81. The number of nitro groups is 1. The Hall–Kier alpha value is -2.78. The molecule has 2 aromatic rings. The van der Waals surface area contributed by atoms with Crippen molar-refractivity contribution in [2.24, 2.45) is 0 Å². The van der Waals surface area contributed by atoms with Gasteiger partial charge in [-0.3, -0.25) is 14.9 Å². The standard InChI is InChI=1S/C15H10N2O3S/c1-10-6-7-21-15(10)14(18)12(9-16)8-11-2-4-13(5-3-11)17(19)20/h2-8H,1H3/b12-8+. The molecule has 6 heteroatoms. The molecule has 1 aromatic heterocycles. The van der Waals surface area contributed by atoms with Crippen LogP contribution in [0.5, 0.6) is 0 Å². The molecular formula is C15H10N2O3S. The van der Waals surface area contributed by atoms with Gasteiger partial charge in [0, 0.05) is 12.1 Å². The van der Waals surface area contributed by atoms with Crippen LogP contribution < -0.4 is 0 Å². The molecule has 0 aliphatic heterocycles. The van der Waals surface area contributed by atoms with Gasteiger partial charge in [0.2, 0.25) is 5.78 Å². The minimum Gasteiger partial charge on any atom is -0.287 e. The Morgan fingerprint density at radius 3 is 2.48 bits per heavy atom. The summed E-state index contributed by atoms with van der Waals surface area (Å²) in [5.74, 6) is -0.330. The van der Waals surface area contributed by atoms with E-state index in [0.29, 0.717) is 10.4 Å². The van der Waals surface area contributed by atoms with E-state index in [2.05, 4.69) is 0 Å². The van der Waals surface area contributed by atoms with Crippen LogP contribution in [0.25, 0.3) is 6.08 Å². The first kappa shape index (κ1) is 14.6. The third kappa shape index (κ3) is 3.22. The lowest BCUT2D eigenvalue weighted by Crippen LogP contribution is -2.01. The van der Waals surface area contributed by atoms with Gasteiger partial charge in [-0.25, -0.2) is 0 Å². The van der Waals surface area contributed by atoms with Crippen LogP contribution in [0.2, 0.25) is 0 Å². The number of carbonyl (C=O) groups excluding carboxylic acids is 1. The van der Waals surface area contributed by atoms with Gasteiger partial charge in [-0.2, -0.15) is 5.26 Å². The van der Waals surface area contributed by atoms with E-state index in [0.717, 1.165) is 5.56 Å². The maximum atomic E-state index is 12.2. The molecule has 0 N–H and O–H groups in total. The number of non-ortho nitro benzene ring substituents is 1. The van der Waals surface area contributed by atoms with Gasteiger partial charge in [-0.1, -0.05) is 0 Å². The number of Topliss-reactive ketones (excluding diaryl/α,β-unsaturated/α-hetero) is 1. The van der Waals surface area contributed by atoms with Crippen LogP contribution in [-0.2, 0) is 0 Å². The quantitative estimate of drug-likeness (QED) is 0.283. The fourth-order valence-electron chi connectivity index (χ4n) is 1.74. The highest BCUT2D eigenvalue weighted by molar-refractivity contribution is 7.12. The Morgan fingerprint density at radius 1 is 1.33 bits per heavy atom. The van der Waals surface area contributed by atoms with Gasteiger partial charge in [0.25, 0.3) is 5.69 Å². The summed E-state index contributed by atoms with van der Waals surface area (Å²) in [6, 6.07) is 9.38. The van der Waals surface area contributed by atoms with Crippen molar-refractivity contribution in [2.45, 2.75) is 6.92 Å². The number of ketones is 1. The first-order valence-electron chi connectivity index (χ1n) is 5.98. The van der Waals surface area contributed by atoms with Crippen molar-refractivity contribution in [3.63, 3.8) is 0 Å². The summed E-state index contributed by atoms with van der Waals surface area (Å²) in [4.78, 5) is 22.9. The summed E-state index contributed by atoms with van der Waals surface area (Å²) in [7, 11) is 0. The smallest absolute Gasteiger partial charge is 0.269 e. The lowest BCUT2D eigenvalue weighted by atomic mass is 10.1. The minimum absolute atomic E-state index is 0.00871. The molecule has 0 aliphatic rings. The monoisotopic (exact) mass is 298 g/mol. The second kappa shape index (κ2) is 6.11. The van der Waals surface area contributed by atoms with E-state index < -0.39 is 4.92 Å². The molecule has 0 saturated heterocycles. The molecule has 0 atom stereocenters. The molecule has 0 fully saturated rings. The third-order valence-corrected chi connectivity index (χ3v) is 3.86. The number of thiophene rings is 1. The first-order valence-corrected chi connectivity index (χ1v) is 6.86. The number of carbonyl (C=O) groups is 1. The normalized spacial score (nSPS) is 11.0. The van der Waals surface area contributed by atoms with E-state index >= 15 is 0 Å². The molecule has 0 bridgehead atoms. The maximum Gasteiger partial charge on any atom is 0.269 e. The zero-order valence-corrected chi connectivity index (χ0v) is 11.9. The number of nitriles is 1. The predicted molar refractivity (Wildman–Crippen MR) is 80.1 cm³/mol. The van der Waals surface area contributed by atoms with Crippen LogP contribution in [0.3, 0.4) is 0 Å². The maximum absolute atomic E-state index is 12.2. The second-order valence-electron chi connectivity index (χ2n) is 4.28. The van der Waals surface area contributed by atoms with Gasteiger partial charge in [-0.05, 0) is 47.7 Å². The highest BCUT2D eigenvalue weighted by Crippen LogP contribution is 2.21. The Kier molecular flexibility index (Phi) is 4.26. The molecule has 0 spiro atoms. The van der Waals surface area contributed by atoms with Crippen molar-refractivity contribution in [1.82, 2.24) is 0 Å². The number of rotatable bonds is 4. The lowest BCUT2D eigenvalue weighted by Gasteiger charge is -1.99. The highest BCUT2D eigenvalue weighted by atomic mass is 32.1. The number of hydrogen-bond donors (Lipinski definition) is 0. The molecule has 104 valence electrons. The number of nitro benzene ring substituents is 1. The van der Waals surface area contributed by atoms with Crippen molar-refractivity contribution in [3.05, 3.63) is 67.4 Å². The van der Waals surface area contributed by atoms with Crippen LogP contribution >= 0.6 is 11.3 Å². The van der Waals surface area contributed by atoms with E-state index in [1.54, 1.807) is 5.38 Å². The highest BCUT2D eigenvalue weighted by Gasteiger charge is 2.16. The summed E-state index contributed by atoms with van der Waals surface area (Å²) in [5, 5.41) is 21.5. The summed E-state index contributed by atoms with van der Waals surface area (Å²) >= 11 is 1.29. The lowest BCUT2D eigenvalue weighted by molar-refractivity contribution is -0.384. The largest absolute Gasteiger partial charge is 0.287 e. The van der Waals surface area contributed by atoms with Crippen LogP contribution in [0.1, 0.15) is 20.8 Å². The van der Waals surface area contributed by atoms with Gasteiger partial charge in [0.1, 0.15) is 11.6 Å². The molecule has 0 saturated carbocycles. The zero-order valence-electron chi connectivity index (χ0n) is 11.1. The number of allylic oxidation sites excluding steroid dienone is 1. The Balaban J connectivity index is 2.33. The van der Waals surface area contributed by atoms with Crippen molar-refractivity contribution >= 4 is 28.9 Å². The van der Waals surface area contributed by atoms with Crippen LogP contribution in [-0.4, -0.2) is 10.7 Å². The molecule has 0 unspecified atom stereocenters. The molecule has 1 aromatic carbocycles. The summed E-state index contributed by atoms with van der Waals surface area (Å²) < 4.78 is 0. The summed E-state index contributed by atoms with van der Waals surface area (Å²) in [5.41, 5.74) is 1.37. The predicted octanol–water partition coefficient (Wildman–Crippen LogP) is 3.75. The zero-order chi connectivity index (χ0) is 15.4. The van der Waals surface area contributed by atoms with E-state index in [1.807, 2.05) is 19.1 Å². The number of hydrogen-bond acceptors (Lipinski definition) is 5. The van der Waals surface area contributed by atoms with Crippen molar-refractivity contribution in [2.75, 3.05) is 0 Å². The molecule has 1 heterocycles. The molecule has 0 amide bonds. The Bertz CT molecular complexity index is 767. The van der Waals surface area contributed by atoms with E-state index in [-0.39, 0.29) is 17.0 Å².